The van der Waals surface area contributed by atoms with Gasteiger partial charge in [-0.25, -0.2) is 4.98 Å². The third-order valence-corrected chi connectivity index (χ3v) is 3.86. The Bertz CT molecular complexity index is 702. The Morgan fingerprint density at radius 2 is 2.23 bits per heavy atom. The van der Waals surface area contributed by atoms with Gasteiger partial charge in [-0.1, -0.05) is 0 Å². The van der Waals surface area contributed by atoms with E-state index in [-0.39, 0.29) is 5.95 Å². The molecule has 0 amide bonds. The lowest BCUT2D eigenvalue weighted by molar-refractivity contribution is -0.0950. The van der Waals surface area contributed by atoms with E-state index in [2.05, 4.69) is 20.3 Å². The number of rotatable bonds is 3. The number of nitrogens with zero attached hydrogens (tertiary/aromatic N) is 4. The molecular formula is C12H18N6O4. The molecule has 3 heterocycles. The highest BCUT2D eigenvalue weighted by Gasteiger charge is 2.53. The van der Waals surface area contributed by atoms with E-state index >= 15 is 0 Å². The largest absolute Gasteiger partial charge is 0.394 e. The highest BCUT2D eigenvalue weighted by Crippen LogP contribution is 2.39. The lowest BCUT2D eigenvalue weighted by Gasteiger charge is -2.27. The molecule has 120 valence electrons. The average Bonchev–Trinajstić information content (AvgIpc) is 2.98. The van der Waals surface area contributed by atoms with Crippen LogP contribution in [0.25, 0.3) is 11.2 Å². The first-order valence-electron chi connectivity index (χ1n) is 6.74. The minimum Gasteiger partial charge on any atom is -0.394 e. The molecule has 0 spiro atoms. The van der Waals surface area contributed by atoms with Gasteiger partial charge < -0.3 is 31.1 Å². The van der Waals surface area contributed by atoms with E-state index in [1.807, 2.05) is 0 Å². The smallest absolute Gasteiger partial charge is 0.224 e. The van der Waals surface area contributed by atoms with Crippen LogP contribution in [-0.4, -0.2) is 66.3 Å². The molecular weight excluding hydrogens is 292 g/mol. The van der Waals surface area contributed by atoms with Crippen molar-refractivity contribution in [1.29, 1.82) is 0 Å². The summed E-state index contributed by atoms with van der Waals surface area (Å²) < 4.78 is 7.02. The first-order chi connectivity index (χ1) is 10.4. The molecule has 10 nitrogen and oxygen atoms in total. The van der Waals surface area contributed by atoms with E-state index in [1.165, 1.54) is 17.8 Å². The maximum atomic E-state index is 10.5. The molecule has 0 aliphatic carbocycles. The van der Waals surface area contributed by atoms with Gasteiger partial charge in [-0.15, -0.1) is 0 Å². The minimum absolute atomic E-state index is 0.0375. The number of imidazole rings is 1. The Morgan fingerprint density at radius 3 is 2.82 bits per heavy atom. The summed E-state index contributed by atoms with van der Waals surface area (Å²) in [7, 11) is 1.67. The van der Waals surface area contributed by atoms with Crippen LogP contribution in [0, 0.1) is 0 Å². The summed E-state index contributed by atoms with van der Waals surface area (Å²) in [6.45, 7) is 1.01. The van der Waals surface area contributed by atoms with E-state index < -0.39 is 30.6 Å². The van der Waals surface area contributed by atoms with E-state index in [0.717, 1.165) is 0 Å². The zero-order valence-electron chi connectivity index (χ0n) is 12.1. The summed E-state index contributed by atoms with van der Waals surface area (Å²) in [5.41, 5.74) is 4.87. The van der Waals surface area contributed by atoms with Gasteiger partial charge in [0.2, 0.25) is 5.95 Å². The summed E-state index contributed by atoms with van der Waals surface area (Å²) in [6, 6.07) is 0. The highest BCUT2D eigenvalue weighted by atomic mass is 16.6. The normalized spacial score (nSPS) is 31.8. The number of ether oxygens (including phenoxy) is 1. The number of hydrogen-bond donors (Lipinski definition) is 5. The Labute approximate surface area is 125 Å². The van der Waals surface area contributed by atoms with Crippen LogP contribution >= 0.6 is 0 Å². The van der Waals surface area contributed by atoms with Crippen molar-refractivity contribution in [2.45, 2.75) is 31.0 Å². The number of fused-ring (bicyclic) bond motifs is 1. The summed E-state index contributed by atoms with van der Waals surface area (Å²) in [6.07, 6.45) is -1.70. The van der Waals surface area contributed by atoms with Gasteiger partial charge in [0.05, 0.1) is 12.9 Å². The van der Waals surface area contributed by atoms with Crippen LogP contribution in [0.15, 0.2) is 6.33 Å². The Kier molecular flexibility index (Phi) is 3.40. The Morgan fingerprint density at radius 1 is 1.50 bits per heavy atom. The Balaban J connectivity index is 2.13. The fourth-order valence-corrected chi connectivity index (χ4v) is 2.67. The second kappa shape index (κ2) is 5.02. The van der Waals surface area contributed by atoms with Gasteiger partial charge in [-0.2, -0.15) is 9.97 Å². The van der Waals surface area contributed by atoms with Crippen molar-refractivity contribution in [1.82, 2.24) is 19.5 Å². The van der Waals surface area contributed by atoms with Gasteiger partial charge in [0.25, 0.3) is 0 Å². The first-order valence-corrected chi connectivity index (χ1v) is 6.74. The van der Waals surface area contributed by atoms with E-state index in [9.17, 15) is 15.3 Å². The predicted molar refractivity (Wildman–Crippen MR) is 76.9 cm³/mol. The molecule has 1 unspecified atom stereocenters. The van der Waals surface area contributed by atoms with Crippen molar-refractivity contribution in [3.8, 4) is 0 Å². The summed E-state index contributed by atoms with van der Waals surface area (Å²) in [5.74, 6) is 0.480. The van der Waals surface area contributed by atoms with Crippen molar-refractivity contribution in [2.75, 3.05) is 24.7 Å². The molecule has 6 N–H and O–H groups in total. The van der Waals surface area contributed by atoms with Crippen molar-refractivity contribution >= 4 is 22.9 Å². The zero-order valence-corrected chi connectivity index (χ0v) is 12.1. The molecule has 0 bridgehead atoms. The number of nitrogen functional groups attached to an aromatic ring is 1. The number of aromatic nitrogens is 4. The number of aliphatic hydroxyl groups is 3. The standard InChI is InChI=1S/C12H18N6O4/c1-12(21)7(20)5(3-19)22-10(12)18-4-15-6-8(14-2)16-11(13)17-9(6)18/h4-5,7,10,19-21H,3H2,1-2H3,(H3,13,14,16,17)/t5-,7?,10-,12-/m1/s1. The number of nitrogens with one attached hydrogen (secondary N) is 1. The first kappa shape index (κ1) is 14.9. The SMILES string of the molecule is CNc1nc(N)nc2c1ncn2[C@@H]1O[C@H](CO)C(O)[C@@]1(C)O. The van der Waals surface area contributed by atoms with Crippen LogP contribution in [0.3, 0.4) is 0 Å². The van der Waals surface area contributed by atoms with Crippen LogP contribution < -0.4 is 11.1 Å². The van der Waals surface area contributed by atoms with Gasteiger partial charge in [-0.3, -0.25) is 4.57 Å². The maximum Gasteiger partial charge on any atom is 0.224 e. The fraction of sp³-hybridized carbons (Fsp3) is 0.583. The third-order valence-electron chi connectivity index (χ3n) is 3.86. The number of anilines is 2. The highest BCUT2D eigenvalue weighted by molar-refractivity contribution is 5.84. The van der Waals surface area contributed by atoms with Crippen molar-refractivity contribution in [3.05, 3.63) is 6.33 Å². The van der Waals surface area contributed by atoms with Gasteiger partial charge in [0, 0.05) is 7.05 Å². The van der Waals surface area contributed by atoms with Crippen molar-refractivity contribution in [2.24, 2.45) is 0 Å². The van der Waals surface area contributed by atoms with Crippen molar-refractivity contribution in [3.63, 3.8) is 0 Å². The summed E-state index contributed by atoms with van der Waals surface area (Å²) in [5, 5.41) is 32.7. The van der Waals surface area contributed by atoms with Crippen LogP contribution in [0.1, 0.15) is 13.2 Å². The Hall–Kier alpha value is -2.01. The van der Waals surface area contributed by atoms with Gasteiger partial charge in [0.1, 0.15) is 17.8 Å². The molecule has 4 atom stereocenters. The lowest BCUT2D eigenvalue weighted by atomic mass is 9.96. The fourth-order valence-electron chi connectivity index (χ4n) is 2.67. The van der Waals surface area contributed by atoms with Gasteiger partial charge >= 0.3 is 0 Å². The molecule has 1 saturated heterocycles. The maximum absolute atomic E-state index is 10.5. The number of aliphatic hydroxyl groups excluding tert-OH is 2. The number of hydrogen-bond acceptors (Lipinski definition) is 9. The quantitative estimate of drug-likeness (QED) is 0.453. The topological polar surface area (TPSA) is 152 Å². The molecule has 22 heavy (non-hydrogen) atoms. The van der Waals surface area contributed by atoms with Crippen molar-refractivity contribution < 1.29 is 20.1 Å². The minimum atomic E-state index is -1.62. The lowest BCUT2D eigenvalue weighted by Crippen LogP contribution is -2.44. The van der Waals surface area contributed by atoms with Crippen LogP contribution in [0.2, 0.25) is 0 Å². The molecule has 1 fully saturated rings. The molecule has 3 rings (SSSR count). The molecule has 10 heteroatoms. The summed E-state index contributed by atoms with van der Waals surface area (Å²) in [4.78, 5) is 12.4. The van der Waals surface area contributed by atoms with Crippen LogP contribution in [-0.2, 0) is 4.74 Å². The van der Waals surface area contributed by atoms with E-state index in [1.54, 1.807) is 7.05 Å². The molecule has 0 radical (unpaired) electrons. The van der Waals surface area contributed by atoms with Crippen LogP contribution in [0.4, 0.5) is 11.8 Å². The molecule has 2 aromatic heterocycles. The van der Waals surface area contributed by atoms with Gasteiger partial charge in [0.15, 0.2) is 23.2 Å². The van der Waals surface area contributed by atoms with Crippen LogP contribution in [0.5, 0.6) is 0 Å². The molecule has 1 aliphatic heterocycles. The second-order valence-electron chi connectivity index (χ2n) is 5.38. The van der Waals surface area contributed by atoms with Gasteiger partial charge in [-0.05, 0) is 6.92 Å². The van der Waals surface area contributed by atoms with E-state index in [4.69, 9.17) is 10.5 Å². The molecule has 2 aromatic rings. The zero-order chi connectivity index (χ0) is 16.1. The summed E-state index contributed by atoms with van der Waals surface area (Å²) >= 11 is 0. The monoisotopic (exact) mass is 310 g/mol. The second-order valence-corrected chi connectivity index (χ2v) is 5.38. The molecule has 1 aliphatic rings. The average molecular weight is 310 g/mol. The predicted octanol–water partition coefficient (Wildman–Crippen LogP) is -1.55. The third kappa shape index (κ3) is 2.00. The molecule has 0 saturated carbocycles. The van der Waals surface area contributed by atoms with E-state index in [0.29, 0.717) is 17.0 Å². The molecule has 0 aromatic carbocycles. The number of nitrogens with two attached hydrogens (primary N) is 1.